The van der Waals surface area contributed by atoms with Crippen molar-refractivity contribution >= 4 is 11.3 Å². The first-order chi connectivity index (χ1) is 7.36. The summed E-state index contributed by atoms with van der Waals surface area (Å²) in [6.45, 7) is 3.50. The van der Waals surface area contributed by atoms with Crippen molar-refractivity contribution in [3.05, 3.63) is 21.9 Å². The molecule has 2 heterocycles. The topological polar surface area (TPSA) is 12.0 Å². The summed E-state index contributed by atoms with van der Waals surface area (Å²) in [5.74, 6) is 0. The molecule has 0 spiro atoms. The largest absolute Gasteiger partial charge is 0.309 e. The monoisotopic (exact) mass is 221 g/mol. The van der Waals surface area contributed by atoms with Crippen LogP contribution in [0.5, 0.6) is 0 Å². The van der Waals surface area contributed by atoms with E-state index in [9.17, 15) is 0 Å². The van der Waals surface area contributed by atoms with E-state index in [4.69, 9.17) is 0 Å². The van der Waals surface area contributed by atoms with E-state index in [1.165, 1.54) is 38.6 Å². The molecule has 1 aromatic rings. The average molecular weight is 221 g/mol. The lowest BCUT2D eigenvalue weighted by Gasteiger charge is -2.32. The molecule has 1 saturated carbocycles. The van der Waals surface area contributed by atoms with Gasteiger partial charge in [-0.05, 0) is 48.1 Å². The Morgan fingerprint density at radius 1 is 1.53 bits per heavy atom. The summed E-state index contributed by atoms with van der Waals surface area (Å²) in [6, 6.07) is 3.03. The Balaban J connectivity index is 1.89. The fourth-order valence-electron chi connectivity index (χ4n) is 3.14. The SMILES string of the molecule is CCCC1(C2NCCc3sccc32)CC1. The number of thiophene rings is 1. The lowest BCUT2D eigenvalue weighted by molar-refractivity contribution is 0.305. The van der Waals surface area contributed by atoms with Gasteiger partial charge in [0.15, 0.2) is 0 Å². The molecule has 3 rings (SSSR count). The van der Waals surface area contributed by atoms with Crippen LogP contribution in [0, 0.1) is 5.41 Å². The van der Waals surface area contributed by atoms with Crippen molar-refractivity contribution in [2.24, 2.45) is 5.41 Å². The van der Waals surface area contributed by atoms with E-state index in [2.05, 4.69) is 23.7 Å². The van der Waals surface area contributed by atoms with Crippen molar-refractivity contribution < 1.29 is 0 Å². The second-order valence-corrected chi connectivity index (χ2v) is 6.05. The van der Waals surface area contributed by atoms with Crippen molar-refractivity contribution in [2.75, 3.05) is 6.54 Å². The zero-order valence-electron chi connectivity index (χ0n) is 9.38. The average Bonchev–Trinajstić information content (AvgIpc) is 2.88. The highest BCUT2D eigenvalue weighted by Crippen LogP contribution is 2.59. The summed E-state index contributed by atoms with van der Waals surface area (Å²) < 4.78 is 0. The highest BCUT2D eigenvalue weighted by molar-refractivity contribution is 7.10. The van der Waals surface area contributed by atoms with Gasteiger partial charge in [-0.2, -0.15) is 0 Å². The van der Waals surface area contributed by atoms with Crippen LogP contribution in [0.2, 0.25) is 0 Å². The van der Waals surface area contributed by atoms with E-state index < -0.39 is 0 Å². The molecule has 0 bridgehead atoms. The number of hydrogen-bond acceptors (Lipinski definition) is 2. The van der Waals surface area contributed by atoms with E-state index in [1.54, 1.807) is 10.4 Å². The summed E-state index contributed by atoms with van der Waals surface area (Å²) in [5, 5.41) is 6.03. The molecule has 1 aliphatic carbocycles. The molecule has 82 valence electrons. The van der Waals surface area contributed by atoms with Gasteiger partial charge in [0.25, 0.3) is 0 Å². The fourth-order valence-corrected chi connectivity index (χ4v) is 4.06. The van der Waals surface area contributed by atoms with Gasteiger partial charge < -0.3 is 5.32 Å². The minimum absolute atomic E-state index is 0.630. The van der Waals surface area contributed by atoms with Gasteiger partial charge in [0.1, 0.15) is 0 Å². The summed E-state index contributed by atoms with van der Waals surface area (Å²) in [4.78, 5) is 1.64. The Kier molecular flexibility index (Phi) is 2.37. The maximum Gasteiger partial charge on any atom is 0.0388 e. The van der Waals surface area contributed by atoms with Gasteiger partial charge in [-0.15, -0.1) is 11.3 Å². The van der Waals surface area contributed by atoms with Crippen LogP contribution in [0.4, 0.5) is 0 Å². The van der Waals surface area contributed by atoms with Crippen LogP contribution in [-0.2, 0) is 6.42 Å². The predicted octanol–water partition coefficient (Wildman–Crippen LogP) is 3.52. The van der Waals surface area contributed by atoms with Gasteiger partial charge >= 0.3 is 0 Å². The molecule has 1 aliphatic heterocycles. The molecule has 1 N–H and O–H groups in total. The smallest absolute Gasteiger partial charge is 0.0388 e. The number of fused-ring (bicyclic) bond motifs is 1. The third-order valence-electron chi connectivity index (χ3n) is 4.04. The minimum atomic E-state index is 0.630. The van der Waals surface area contributed by atoms with Crippen LogP contribution in [0.3, 0.4) is 0 Å². The van der Waals surface area contributed by atoms with Gasteiger partial charge in [0, 0.05) is 17.5 Å². The quantitative estimate of drug-likeness (QED) is 0.823. The first-order valence-corrected chi connectivity index (χ1v) is 7.03. The molecule has 1 nitrogen and oxygen atoms in total. The summed E-state index contributed by atoms with van der Waals surface area (Å²) in [7, 11) is 0. The van der Waals surface area contributed by atoms with Crippen LogP contribution in [-0.4, -0.2) is 6.54 Å². The summed E-state index contributed by atoms with van der Waals surface area (Å²) >= 11 is 1.95. The first-order valence-electron chi connectivity index (χ1n) is 6.15. The van der Waals surface area contributed by atoms with E-state index in [1.807, 2.05) is 11.3 Å². The number of hydrogen-bond donors (Lipinski definition) is 1. The van der Waals surface area contributed by atoms with Gasteiger partial charge in [-0.25, -0.2) is 0 Å². The second-order valence-electron chi connectivity index (χ2n) is 5.05. The van der Waals surface area contributed by atoms with E-state index in [0.717, 1.165) is 0 Å². The highest BCUT2D eigenvalue weighted by atomic mass is 32.1. The molecule has 1 unspecified atom stereocenters. The Labute approximate surface area is 95.9 Å². The van der Waals surface area contributed by atoms with Gasteiger partial charge in [0.05, 0.1) is 0 Å². The summed E-state index contributed by atoms with van der Waals surface area (Å²) in [6.07, 6.45) is 6.85. The van der Waals surface area contributed by atoms with Crippen molar-refractivity contribution in [3.8, 4) is 0 Å². The van der Waals surface area contributed by atoms with Crippen molar-refractivity contribution in [2.45, 2.75) is 45.1 Å². The molecule has 2 aliphatic rings. The maximum absolute atomic E-state index is 3.76. The fraction of sp³-hybridized carbons (Fsp3) is 0.692. The zero-order valence-corrected chi connectivity index (χ0v) is 10.2. The Bertz CT molecular complexity index is 351. The molecule has 0 saturated heterocycles. The van der Waals surface area contributed by atoms with Crippen LogP contribution in [0.15, 0.2) is 11.4 Å². The van der Waals surface area contributed by atoms with Gasteiger partial charge in [-0.3, -0.25) is 0 Å². The second kappa shape index (κ2) is 3.60. The summed E-state index contributed by atoms with van der Waals surface area (Å²) in [5.41, 5.74) is 2.25. The first kappa shape index (κ1) is 9.86. The molecular formula is C13H19NS. The molecule has 0 radical (unpaired) electrons. The van der Waals surface area contributed by atoms with Gasteiger partial charge in [0.2, 0.25) is 0 Å². The van der Waals surface area contributed by atoms with Gasteiger partial charge in [-0.1, -0.05) is 13.3 Å². The molecular weight excluding hydrogens is 202 g/mol. The van der Waals surface area contributed by atoms with Crippen molar-refractivity contribution in [1.82, 2.24) is 5.32 Å². The van der Waals surface area contributed by atoms with Crippen LogP contribution >= 0.6 is 11.3 Å². The highest BCUT2D eigenvalue weighted by Gasteiger charge is 2.49. The third-order valence-corrected chi connectivity index (χ3v) is 5.04. The predicted molar refractivity (Wildman–Crippen MR) is 65.3 cm³/mol. The minimum Gasteiger partial charge on any atom is -0.309 e. The Hall–Kier alpha value is -0.340. The lowest BCUT2D eigenvalue weighted by atomic mass is 9.84. The van der Waals surface area contributed by atoms with Crippen LogP contribution < -0.4 is 5.32 Å². The molecule has 1 aromatic heterocycles. The molecule has 15 heavy (non-hydrogen) atoms. The molecule has 0 amide bonds. The van der Waals surface area contributed by atoms with Crippen LogP contribution in [0.25, 0.3) is 0 Å². The standard InChI is InChI=1S/C13H19NS/c1-2-5-13(6-7-13)12-10-4-9-15-11(10)3-8-14-12/h4,9,12,14H,2-3,5-8H2,1H3. The molecule has 2 heteroatoms. The van der Waals surface area contributed by atoms with Crippen LogP contribution in [0.1, 0.15) is 49.1 Å². The molecule has 1 atom stereocenters. The maximum atomic E-state index is 3.76. The van der Waals surface area contributed by atoms with E-state index in [0.29, 0.717) is 11.5 Å². The number of rotatable bonds is 3. The Morgan fingerprint density at radius 3 is 3.13 bits per heavy atom. The van der Waals surface area contributed by atoms with Crippen molar-refractivity contribution in [1.29, 1.82) is 0 Å². The van der Waals surface area contributed by atoms with Crippen molar-refractivity contribution in [3.63, 3.8) is 0 Å². The van der Waals surface area contributed by atoms with E-state index in [-0.39, 0.29) is 0 Å². The Morgan fingerprint density at radius 2 is 2.40 bits per heavy atom. The van der Waals surface area contributed by atoms with E-state index >= 15 is 0 Å². The molecule has 1 fully saturated rings. The molecule has 0 aromatic carbocycles. The number of nitrogens with one attached hydrogen (secondary N) is 1. The normalized spacial score (nSPS) is 27.4. The zero-order chi connectivity index (χ0) is 10.3. The lowest BCUT2D eigenvalue weighted by Crippen LogP contribution is -2.35. The third kappa shape index (κ3) is 1.55.